The summed E-state index contributed by atoms with van der Waals surface area (Å²) in [5.74, 6) is -0.397. The Kier molecular flexibility index (Phi) is 4.69. The van der Waals surface area contributed by atoms with Crippen molar-refractivity contribution in [2.24, 2.45) is 0 Å². The average molecular weight is 339 g/mol. The lowest BCUT2D eigenvalue weighted by Gasteiger charge is -2.16. The van der Waals surface area contributed by atoms with Gasteiger partial charge in [0.15, 0.2) is 5.69 Å². The molecule has 0 radical (unpaired) electrons. The molecule has 1 aliphatic rings. The number of nitrogens with zero attached hydrogens (tertiary/aromatic N) is 2. The van der Waals surface area contributed by atoms with Gasteiger partial charge in [-0.05, 0) is 43.4 Å². The van der Waals surface area contributed by atoms with Gasteiger partial charge in [0.25, 0.3) is 0 Å². The van der Waals surface area contributed by atoms with Gasteiger partial charge in [-0.25, -0.2) is 14.4 Å². The van der Waals surface area contributed by atoms with Crippen molar-refractivity contribution in [3.05, 3.63) is 52.6 Å². The van der Waals surface area contributed by atoms with Crippen LogP contribution in [0.5, 0.6) is 0 Å². The van der Waals surface area contributed by atoms with E-state index in [-0.39, 0.29) is 23.9 Å². The molecular formula is C17H17F4N3. The molecule has 7 heteroatoms. The van der Waals surface area contributed by atoms with Crippen molar-refractivity contribution >= 4 is 5.95 Å². The molecule has 24 heavy (non-hydrogen) atoms. The number of benzene rings is 1. The number of aryl methyl sites for hydroxylation is 1. The Morgan fingerprint density at radius 2 is 1.67 bits per heavy atom. The number of anilines is 1. The van der Waals surface area contributed by atoms with Gasteiger partial charge in [-0.1, -0.05) is 18.6 Å². The van der Waals surface area contributed by atoms with Crippen molar-refractivity contribution in [1.29, 1.82) is 0 Å². The largest absolute Gasteiger partial charge is 0.433 e. The van der Waals surface area contributed by atoms with E-state index in [1.54, 1.807) is 12.1 Å². The summed E-state index contributed by atoms with van der Waals surface area (Å²) >= 11 is 0. The minimum atomic E-state index is -4.50. The summed E-state index contributed by atoms with van der Waals surface area (Å²) in [5.41, 5.74) is 0.614. The van der Waals surface area contributed by atoms with E-state index in [0.29, 0.717) is 18.5 Å². The average Bonchev–Trinajstić information content (AvgIpc) is 2.78. The van der Waals surface area contributed by atoms with Crippen LogP contribution in [0.3, 0.4) is 0 Å². The van der Waals surface area contributed by atoms with Gasteiger partial charge in [0.05, 0.1) is 0 Å². The number of alkyl halides is 3. The normalized spacial score (nSPS) is 14.8. The molecule has 1 heterocycles. The monoisotopic (exact) mass is 339 g/mol. The number of hydrogen-bond acceptors (Lipinski definition) is 3. The zero-order valence-corrected chi connectivity index (χ0v) is 13.0. The summed E-state index contributed by atoms with van der Waals surface area (Å²) in [6, 6.07) is 5.74. The second-order valence-electron chi connectivity index (χ2n) is 5.86. The summed E-state index contributed by atoms with van der Waals surface area (Å²) in [4.78, 5) is 7.99. The quantitative estimate of drug-likeness (QED) is 0.660. The van der Waals surface area contributed by atoms with Gasteiger partial charge in [0.2, 0.25) is 5.95 Å². The van der Waals surface area contributed by atoms with Crippen LogP contribution in [-0.2, 0) is 25.6 Å². The second-order valence-corrected chi connectivity index (χ2v) is 5.86. The summed E-state index contributed by atoms with van der Waals surface area (Å²) in [7, 11) is 0. The predicted octanol–water partition coefficient (Wildman–Crippen LogP) is 4.52. The molecule has 0 fully saturated rings. The molecule has 0 spiro atoms. The number of aromatic nitrogens is 2. The number of fused-ring (bicyclic) bond motifs is 1. The molecule has 0 saturated heterocycles. The van der Waals surface area contributed by atoms with Crippen molar-refractivity contribution in [3.8, 4) is 0 Å². The Bertz CT molecular complexity index is 711. The molecule has 128 valence electrons. The van der Waals surface area contributed by atoms with Crippen molar-refractivity contribution in [1.82, 2.24) is 9.97 Å². The number of halogens is 4. The van der Waals surface area contributed by atoms with Gasteiger partial charge in [0, 0.05) is 17.8 Å². The van der Waals surface area contributed by atoms with Crippen LogP contribution in [0.1, 0.15) is 41.8 Å². The van der Waals surface area contributed by atoms with Gasteiger partial charge >= 0.3 is 6.18 Å². The molecule has 0 atom stereocenters. The van der Waals surface area contributed by atoms with Gasteiger partial charge in [-0.2, -0.15) is 13.2 Å². The van der Waals surface area contributed by atoms with Crippen LogP contribution < -0.4 is 5.32 Å². The molecule has 2 aromatic rings. The molecular weight excluding hydrogens is 322 g/mol. The summed E-state index contributed by atoms with van der Waals surface area (Å²) in [6.07, 6.45) is -1.15. The third-order valence-electron chi connectivity index (χ3n) is 4.07. The lowest BCUT2D eigenvalue weighted by Crippen LogP contribution is -2.17. The fourth-order valence-electron chi connectivity index (χ4n) is 2.87. The first kappa shape index (κ1) is 16.7. The zero-order chi connectivity index (χ0) is 17.2. The van der Waals surface area contributed by atoms with E-state index in [9.17, 15) is 17.6 Å². The van der Waals surface area contributed by atoms with E-state index in [1.807, 2.05) is 0 Å². The maximum Gasteiger partial charge on any atom is 0.433 e. The Morgan fingerprint density at radius 1 is 0.958 bits per heavy atom. The Balaban J connectivity index is 1.87. The Hall–Kier alpha value is -2.18. The number of rotatable bonds is 3. The van der Waals surface area contributed by atoms with Gasteiger partial charge in [0.1, 0.15) is 5.82 Å². The SMILES string of the molecule is Fc1ccc(CNc2nc3c(c(C(F)(F)F)n2)CCCCC3)cc1. The minimum Gasteiger partial charge on any atom is -0.350 e. The van der Waals surface area contributed by atoms with Crippen molar-refractivity contribution in [3.63, 3.8) is 0 Å². The molecule has 0 amide bonds. The van der Waals surface area contributed by atoms with E-state index in [1.165, 1.54) is 12.1 Å². The molecule has 1 aliphatic carbocycles. The maximum atomic E-state index is 13.3. The predicted molar refractivity (Wildman–Crippen MR) is 82.0 cm³/mol. The molecule has 1 aromatic carbocycles. The fourth-order valence-corrected chi connectivity index (χ4v) is 2.87. The molecule has 1 aromatic heterocycles. The van der Waals surface area contributed by atoms with Crippen molar-refractivity contribution in [2.45, 2.75) is 44.8 Å². The molecule has 0 bridgehead atoms. The first-order valence-corrected chi connectivity index (χ1v) is 7.89. The summed E-state index contributed by atoms with van der Waals surface area (Å²) < 4.78 is 52.9. The Morgan fingerprint density at radius 3 is 2.38 bits per heavy atom. The van der Waals surface area contributed by atoms with Gasteiger partial charge in [-0.15, -0.1) is 0 Å². The minimum absolute atomic E-state index is 0.0349. The molecule has 3 nitrogen and oxygen atoms in total. The van der Waals surface area contributed by atoms with E-state index < -0.39 is 11.9 Å². The number of hydrogen-bond donors (Lipinski definition) is 1. The van der Waals surface area contributed by atoms with Crippen LogP contribution in [0.4, 0.5) is 23.5 Å². The standard InChI is InChI=1S/C17H17F4N3/c18-12-8-6-11(7-9-12)10-22-16-23-14-5-3-1-2-4-13(14)15(24-16)17(19,20)21/h6-9H,1-5,10H2,(H,22,23,24). The van der Waals surface area contributed by atoms with Crippen LogP contribution in [0.2, 0.25) is 0 Å². The molecule has 1 N–H and O–H groups in total. The summed E-state index contributed by atoms with van der Waals surface area (Å²) in [6.45, 7) is 0.233. The van der Waals surface area contributed by atoms with Crippen LogP contribution in [0.25, 0.3) is 0 Å². The topological polar surface area (TPSA) is 37.8 Å². The summed E-state index contributed by atoms with van der Waals surface area (Å²) in [5, 5.41) is 2.82. The van der Waals surface area contributed by atoms with Crippen LogP contribution in [0, 0.1) is 5.82 Å². The van der Waals surface area contributed by atoms with E-state index in [0.717, 1.165) is 24.8 Å². The highest BCUT2D eigenvalue weighted by Crippen LogP contribution is 2.34. The smallest absolute Gasteiger partial charge is 0.350 e. The van der Waals surface area contributed by atoms with Gasteiger partial charge in [-0.3, -0.25) is 0 Å². The highest BCUT2D eigenvalue weighted by Gasteiger charge is 2.37. The first-order chi connectivity index (χ1) is 11.4. The number of nitrogens with one attached hydrogen (secondary N) is 1. The third kappa shape index (κ3) is 3.83. The fraction of sp³-hybridized carbons (Fsp3) is 0.412. The van der Waals surface area contributed by atoms with Crippen LogP contribution in [-0.4, -0.2) is 9.97 Å². The van der Waals surface area contributed by atoms with E-state index in [4.69, 9.17) is 0 Å². The van der Waals surface area contributed by atoms with Crippen molar-refractivity contribution < 1.29 is 17.6 Å². The lowest BCUT2D eigenvalue weighted by atomic mass is 10.1. The lowest BCUT2D eigenvalue weighted by molar-refractivity contribution is -0.141. The van der Waals surface area contributed by atoms with Crippen molar-refractivity contribution in [2.75, 3.05) is 5.32 Å². The highest BCUT2D eigenvalue weighted by atomic mass is 19.4. The molecule has 0 saturated carbocycles. The van der Waals surface area contributed by atoms with Crippen LogP contribution >= 0.6 is 0 Å². The van der Waals surface area contributed by atoms with Gasteiger partial charge < -0.3 is 5.32 Å². The van der Waals surface area contributed by atoms with E-state index in [2.05, 4.69) is 15.3 Å². The first-order valence-electron chi connectivity index (χ1n) is 7.89. The highest BCUT2D eigenvalue weighted by molar-refractivity contribution is 5.38. The van der Waals surface area contributed by atoms with Crippen LogP contribution in [0.15, 0.2) is 24.3 Å². The molecule has 0 unspecified atom stereocenters. The molecule has 3 rings (SSSR count). The zero-order valence-electron chi connectivity index (χ0n) is 13.0. The molecule has 0 aliphatic heterocycles. The van der Waals surface area contributed by atoms with E-state index >= 15 is 0 Å². The maximum absolute atomic E-state index is 13.3. The third-order valence-corrected chi connectivity index (χ3v) is 4.07. The second kappa shape index (κ2) is 6.75. The Labute approximate surface area is 137 Å².